The SMILES string of the molecule is COC(=O)C(C)Cc1c(C)c2ccccc2c2ccc(C)cc12. The van der Waals surface area contributed by atoms with Crippen molar-refractivity contribution >= 4 is 27.5 Å². The molecule has 0 aromatic heterocycles. The van der Waals surface area contributed by atoms with Gasteiger partial charge in [0.1, 0.15) is 0 Å². The normalized spacial score (nSPS) is 12.5. The van der Waals surface area contributed by atoms with Gasteiger partial charge in [-0.05, 0) is 52.9 Å². The molecule has 0 amide bonds. The number of esters is 1. The molecule has 3 aromatic carbocycles. The molecule has 0 saturated carbocycles. The number of fused-ring (bicyclic) bond motifs is 3. The summed E-state index contributed by atoms with van der Waals surface area (Å²) in [4.78, 5) is 11.9. The van der Waals surface area contributed by atoms with Crippen molar-refractivity contribution < 1.29 is 9.53 Å². The van der Waals surface area contributed by atoms with Crippen LogP contribution in [0.15, 0.2) is 42.5 Å². The van der Waals surface area contributed by atoms with E-state index in [0.717, 1.165) is 0 Å². The second-order valence-electron chi connectivity index (χ2n) is 6.33. The summed E-state index contributed by atoms with van der Waals surface area (Å²) in [6.07, 6.45) is 0.698. The second-order valence-corrected chi connectivity index (χ2v) is 6.33. The van der Waals surface area contributed by atoms with Crippen LogP contribution in [0.25, 0.3) is 21.5 Å². The van der Waals surface area contributed by atoms with Crippen molar-refractivity contribution in [3.63, 3.8) is 0 Å². The third-order valence-corrected chi connectivity index (χ3v) is 4.69. The highest BCUT2D eigenvalue weighted by molar-refractivity contribution is 6.10. The number of hydrogen-bond donors (Lipinski definition) is 0. The Hall–Kier alpha value is -2.35. The zero-order chi connectivity index (χ0) is 16.6. The lowest BCUT2D eigenvalue weighted by Gasteiger charge is -2.18. The maximum atomic E-state index is 11.9. The van der Waals surface area contributed by atoms with E-state index >= 15 is 0 Å². The van der Waals surface area contributed by atoms with Crippen LogP contribution in [0.4, 0.5) is 0 Å². The average molecular weight is 306 g/mol. The first-order valence-corrected chi connectivity index (χ1v) is 8.01. The quantitative estimate of drug-likeness (QED) is 0.505. The van der Waals surface area contributed by atoms with Crippen LogP contribution in [-0.2, 0) is 16.0 Å². The molecule has 3 aromatic rings. The van der Waals surface area contributed by atoms with E-state index in [1.807, 2.05) is 6.92 Å². The van der Waals surface area contributed by atoms with Gasteiger partial charge < -0.3 is 4.74 Å². The van der Waals surface area contributed by atoms with Crippen LogP contribution in [0.3, 0.4) is 0 Å². The molecule has 23 heavy (non-hydrogen) atoms. The predicted molar refractivity (Wildman–Crippen MR) is 95.8 cm³/mol. The Balaban J connectivity index is 2.31. The van der Waals surface area contributed by atoms with Crippen LogP contribution >= 0.6 is 0 Å². The van der Waals surface area contributed by atoms with E-state index in [1.54, 1.807) is 0 Å². The third kappa shape index (κ3) is 2.70. The van der Waals surface area contributed by atoms with Gasteiger partial charge >= 0.3 is 5.97 Å². The molecule has 0 N–H and O–H groups in total. The number of carbonyl (C=O) groups excluding carboxylic acids is 1. The molecule has 3 rings (SSSR count). The molecule has 1 atom stereocenters. The van der Waals surface area contributed by atoms with E-state index in [0.29, 0.717) is 6.42 Å². The molecule has 0 aliphatic rings. The Morgan fingerprint density at radius 1 is 1.00 bits per heavy atom. The minimum atomic E-state index is -0.154. The molecular weight excluding hydrogens is 284 g/mol. The molecule has 118 valence electrons. The standard InChI is InChI=1S/C21H22O2/c1-13-9-10-18-17-8-6-5-7-16(17)15(3)19(20(18)11-13)12-14(2)21(22)23-4/h5-11,14H,12H2,1-4H3. The van der Waals surface area contributed by atoms with Gasteiger partial charge in [0.05, 0.1) is 13.0 Å². The Kier molecular flexibility index (Phi) is 4.08. The molecule has 2 nitrogen and oxygen atoms in total. The summed E-state index contributed by atoms with van der Waals surface area (Å²) in [5.41, 5.74) is 3.74. The average Bonchev–Trinajstić information content (AvgIpc) is 2.57. The number of carbonyl (C=O) groups is 1. The summed E-state index contributed by atoms with van der Waals surface area (Å²) in [7, 11) is 1.45. The van der Waals surface area contributed by atoms with Crippen LogP contribution in [0.2, 0.25) is 0 Å². The molecule has 1 unspecified atom stereocenters. The second kappa shape index (κ2) is 6.04. The van der Waals surface area contributed by atoms with E-state index < -0.39 is 0 Å². The van der Waals surface area contributed by atoms with Gasteiger partial charge in [0.2, 0.25) is 0 Å². The first-order valence-electron chi connectivity index (χ1n) is 8.01. The first kappa shape index (κ1) is 15.5. The van der Waals surface area contributed by atoms with Gasteiger partial charge in [0.25, 0.3) is 0 Å². The molecular formula is C21H22O2. The smallest absolute Gasteiger partial charge is 0.308 e. The van der Waals surface area contributed by atoms with Crippen LogP contribution in [-0.4, -0.2) is 13.1 Å². The Labute approximate surface area is 137 Å². The van der Waals surface area contributed by atoms with Crippen LogP contribution in [0, 0.1) is 19.8 Å². The topological polar surface area (TPSA) is 26.3 Å². The fraction of sp³-hybridized carbons (Fsp3) is 0.286. The van der Waals surface area contributed by atoms with Gasteiger partial charge in [0.15, 0.2) is 0 Å². The molecule has 0 radical (unpaired) electrons. The highest BCUT2D eigenvalue weighted by Crippen LogP contribution is 2.34. The molecule has 0 aliphatic heterocycles. The Bertz CT molecular complexity index is 893. The first-order chi connectivity index (χ1) is 11.0. The van der Waals surface area contributed by atoms with Crippen LogP contribution in [0.5, 0.6) is 0 Å². The maximum Gasteiger partial charge on any atom is 0.308 e. The largest absolute Gasteiger partial charge is 0.469 e. The minimum Gasteiger partial charge on any atom is -0.469 e. The Morgan fingerprint density at radius 3 is 2.35 bits per heavy atom. The predicted octanol–water partition coefficient (Wildman–Crippen LogP) is 4.96. The fourth-order valence-corrected chi connectivity index (χ4v) is 3.41. The van der Waals surface area contributed by atoms with Crippen molar-refractivity contribution in [2.24, 2.45) is 5.92 Å². The Morgan fingerprint density at radius 2 is 1.65 bits per heavy atom. The highest BCUT2D eigenvalue weighted by Gasteiger charge is 2.18. The lowest BCUT2D eigenvalue weighted by Crippen LogP contribution is -2.16. The zero-order valence-electron chi connectivity index (χ0n) is 14.1. The molecule has 2 heteroatoms. The number of rotatable bonds is 3. The lowest BCUT2D eigenvalue weighted by atomic mass is 9.87. The summed E-state index contributed by atoms with van der Waals surface area (Å²) < 4.78 is 4.91. The summed E-state index contributed by atoms with van der Waals surface area (Å²) in [6, 6.07) is 15.1. The van der Waals surface area contributed by atoms with E-state index in [2.05, 4.69) is 56.3 Å². The number of aryl methyl sites for hydroxylation is 2. The molecule has 0 spiro atoms. The van der Waals surface area contributed by atoms with E-state index in [4.69, 9.17) is 4.74 Å². The summed E-state index contributed by atoms with van der Waals surface area (Å²) in [6.45, 7) is 6.20. The van der Waals surface area contributed by atoms with Crippen LogP contribution < -0.4 is 0 Å². The fourth-order valence-electron chi connectivity index (χ4n) is 3.41. The van der Waals surface area contributed by atoms with Gasteiger partial charge in [-0.3, -0.25) is 4.79 Å². The van der Waals surface area contributed by atoms with Crippen molar-refractivity contribution in [1.29, 1.82) is 0 Å². The van der Waals surface area contributed by atoms with Crippen molar-refractivity contribution in [2.75, 3.05) is 7.11 Å². The van der Waals surface area contributed by atoms with Gasteiger partial charge in [-0.2, -0.15) is 0 Å². The van der Waals surface area contributed by atoms with Crippen molar-refractivity contribution in [2.45, 2.75) is 27.2 Å². The van der Waals surface area contributed by atoms with E-state index in [-0.39, 0.29) is 11.9 Å². The molecule has 0 heterocycles. The molecule has 0 saturated heterocycles. The number of ether oxygens (including phenoxy) is 1. The maximum absolute atomic E-state index is 11.9. The third-order valence-electron chi connectivity index (χ3n) is 4.69. The molecule has 0 bridgehead atoms. The highest BCUT2D eigenvalue weighted by atomic mass is 16.5. The summed E-state index contributed by atoms with van der Waals surface area (Å²) in [5.74, 6) is -0.304. The van der Waals surface area contributed by atoms with Gasteiger partial charge in [0, 0.05) is 0 Å². The van der Waals surface area contributed by atoms with E-state index in [9.17, 15) is 4.79 Å². The van der Waals surface area contributed by atoms with Gasteiger partial charge in [-0.15, -0.1) is 0 Å². The number of hydrogen-bond acceptors (Lipinski definition) is 2. The van der Waals surface area contributed by atoms with Gasteiger partial charge in [-0.1, -0.05) is 55.0 Å². The monoisotopic (exact) mass is 306 g/mol. The number of methoxy groups -OCH3 is 1. The minimum absolute atomic E-state index is 0.149. The molecule has 0 fully saturated rings. The van der Waals surface area contributed by atoms with Crippen molar-refractivity contribution in [1.82, 2.24) is 0 Å². The van der Waals surface area contributed by atoms with Crippen molar-refractivity contribution in [3.05, 3.63) is 59.2 Å². The molecule has 0 aliphatic carbocycles. The van der Waals surface area contributed by atoms with Gasteiger partial charge in [-0.25, -0.2) is 0 Å². The van der Waals surface area contributed by atoms with Crippen molar-refractivity contribution in [3.8, 4) is 0 Å². The summed E-state index contributed by atoms with van der Waals surface area (Å²) >= 11 is 0. The number of benzene rings is 3. The van der Waals surface area contributed by atoms with Crippen LogP contribution in [0.1, 0.15) is 23.6 Å². The van der Waals surface area contributed by atoms with E-state index in [1.165, 1.54) is 45.3 Å². The summed E-state index contributed by atoms with van der Waals surface area (Å²) in [5, 5.41) is 5.03. The lowest BCUT2D eigenvalue weighted by molar-refractivity contribution is -0.144. The zero-order valence-corrected chi connectivity index (χ0v) is 14.1.